The number of thioether (sulfide) groups is 1. The van der Waals surface area contributed by atoms with Gasteiger partial charge >= 0.3 is 0 Å². The van der Waals surface area contributed by atoms with Crippen LogP contribution in [0.4, 0.5) is 0 Å². The lowest BCUT2D eigenvalue weighted by Gasteiger charge is -2.29. The molecule has 40 heavy (non-hydrogen) atoms. The van der Waals surface area contributed by atoms with Gasteiger partial charge in [0.25, 0.3) is 11.5 Å². The number of allylic oxidation sites excluding steroid dienone is 1. The molecule has 2 aliphatic rings. The Morgan fingerprint density at radius 1 is 1.10 bits per heavy atom. The number of H-pyrrole nitrogens is 1. The minimum absolute atomic E-state index is 0.0893. The molecule has 1 aromatic heterocycles. The van der Waals surface area contributed by atoms with Crippen LogP contribution in [-0.4, -0.2) is 46.6 Å². The number of benzene rings is 2. The number of amides is 1. The maximum absolute atomic E-state index is 13.7. The van der Waals surface area contributed by atoms with E-state index in [9.17, 15) is 9.59 Å². The molecule has 2 heterocycles. The van der Waals surface area contributed by atoms with Crippen LogP contribution in [0, 0.1) is 5.92 Å². The quantitative estimate of drug-likeness (QED) is 0.269. The van der Waals surface area contributed by atoms with Crippen molar-refractivity contribution in [1.82, 2.24) is 15.0 Å². The molecule has 1 aliphatic carbocycles. The van der Waals surface area contributed by atoms with Gasteiger partial charge in [-0.2, -0.15) is 5.10 Å². The van der Waals surface area contributed by atoms with Crippen LogP contribution in [0.5, 0.6) is 11.5 Å². The molecule has 5 rings (SSSR count). The van der Waals surface area contributed by atoms with Crippen molar-refractivity contribution in [3.63, 3.8) is 0 Å². The lowest BCUT2D eigenvalue weighted by atomic mass is 9.77. The lowest BCUT2D eigenvalue weighted by molar-refractivity contribution is -0.130. The van der Waals surface area contributed by atoms with Crippen LogP contribution in [0.1, 0.15) is 55.5 Å². The number of fused-ring (bicyclic) bond motifs is 1. The van der Waals surface area contributed by atoms with E-state index in [1.807, 2.05) is 55.5 Å². The summed E-state index contributed by atoms with van der Waals surface area (Å²) in [7, 11) is 3.30. The molecule has 8 nitrogen and oxygen atoms in total. The molecule has 2 atom stereocenters. The van der Waals surface area contributed by atoms with E-state index in [1.165, 1.54) is 17.8 Å². The third-order valence-electron chi connectivity index (χ3n) is 7.28. The number of aromatic nitrogens is 2. The maximum Gasteiger partial charge on any atom is 0.253 e. The van der Waals surface area contributed by atoms with Gasteiger partial charge in [0, 0.05) is 17.7 Å². The predicted molar refractivity (Wildman–Crippen MR) is 158 cm³/mol. The van der Waals surface area contributed by atoms with Gasteiger partial charge in [0.15, 0.2) is 5.16 Å². The Labute approximate surface area is 238 Å². The van der Waals surface area contributed by atoms with Crippen molar-refractivity contribution >= 4 is 29.5 Å². The zero-order valence-electron chi connectivity index (χ0n) is 23.1. The summed E-state index contributed by atoms with van der Waals surface area (Å²) in [5.74, 6) is 1.66. The number of nitrogens with one attached hydrogen (secondary N) is 1. The molecule has 1 fully saturated rings. The van der Waals surface area contributed by atoms with Crippen LogP contribution in [0.2, 0.25) is 0 Å². The summed E-state index contributed by atoms with van der Waals surface area (Å²) in [4.78, 5) is 33.1. The summed E-state index contributed by atoms with van der Waals surface area (Å²) in [5.41, 5.74) is 4.75. The number of hydrazone groups is 1. The minimum atomic E-state index is -0.216. The van der Waals surface area contributed by atoms with E-state index in [0.29, 0.717) is 5.16 Å². The fraction of sp³-hybridized carbons (Fsp3) is 0.355. The molecule has 1 saturated carbocycles. The van der Waals surface area contributed by atoms with Gasteiger partial charge in [0.1, 0.15) is 11.5 Å². The molecule has 0 bridgehead atoms. The molecule has 1 N–H and O–H groups in total. The smallest absolute Gasteiger partial charge is 0.253 e. The van der Waals surface area contributed by atoms with Crippen molar-refractivity contribution < 1.29 is 14.3 Å². The monoisotopic (exact) mass is 558 g/mol. The first-order valence-electron chi connectivity index (χ1n) is 13.6. The maximum atomic E-state index is 13.7. The summed E-state index contributed by atoms with van der Waals surface area (Å²) in [5, 5.41) is 7.07. The fourth-order valence-corrected chi connectivity index (χ4v) is 6.12. The van der Waals surface area contributed by atoms with Crippen molar-refractivity contribution in [3.8, 4) is 11.5 Å². The Hall–Kier alpha value is -3.85. The topological polar surface area (TPSA) is 96.9 Å². The number of ether oxygens (including phenoxy) is 2. The van der Waals surface area contributed by atoms with Crippen LogP contribution in [-0.2, 0) is 11.2 Å². The molecule has 1 aliphatic heterocycles. The van der Waals surface area contributed by atoms with Crippen LogP contribution in [0.25, 0.3) is 6.08 Å². The zero-order chi connectivity index (χ0) is 28.1. The van der Waals surface area contributed by atoms with Gasteiger partial charge in [-0.1, -0.05) is 49.4 Å². The second-order valence-corrected chi connectivity index (χ2v) is 10.9. The molecule has 0 saturated heterocycles. The predicted octanol–water partition coefficient (Wildman–Crippen LogP) is 5.65. The van der Waals surface area contributed by atoms with E-state index >= 15 is 0 Å². The Morgan fingerprint density at radius 3 is 2.48 bits per heavy atom. The van der Waals surface area contributed by atoms with Crippen molar-refractivity contribution in [2.45, 2.75) is 50.2 Å². The molecule has 9 heteroatoms. The normalized spacial score (nSPS) is 19.3. The highest BCUT2D eigenvalue weighted by Crippen LogP contribution is 2.45. The Balaban J connectivity index is 1.44. The number of aryl methyl sites for hydroxylation is 1. The van der Waals surface area contributed by atoms with Gasteiger partial charge in [-0.15, -0.1) is 0 Å². The number of carbonyl (C=O) groups excluding carboxylic acids is 1. The van der Waals surface area contributed by atoms with Crippen LogP contribution in [0.3, 0.4) is 0 Å². The lowest BCUT2D eigenvalue weighted by Crippen LogP contribution is -2.33. The van der Waals surface area contributed by atoms with E-state index in [2.05, 4.69) is 16.0 Å². The molecule has 0 radical (unpaired) electrons. The van der Waals surface area contributed by atoms with E-state index in [4.69, 9.17) is 14.6 Å². The first-order chi connectivity index (χ1) is 19.5. The summed E-state index contributed by atoms with van der Waals surface area (Å²) in [6.45, 7) is 2.04. The summed E-state index contributed by atoms with van der Waals surface area (Å²) in [6, 6.07) is 17.2. The Bertz CT molecular complexity index is 1460. The molecule has 1 amide bonds. The standard InChI is InChI=1S/C31H34N4O4S/c1-4-6-23-18-27(36)33-31(32-23)40-19-28(37)35-30(21-11-15-25(39-3)16-12-21)26-8-5-7-22(29(26)34-35)17-20-9-13-24(38-2)14-10-20/h9-18,26,30H,4-8,19H2,1-3H3,(H,32,33,36). The second kappa shape index (κ2) is 12.6. The van der Waals surface area contributed by atoms with Crippen LogP contribution >= 0.6 is 11.8 Å². The number of hydrogen-bond acceptors (Lipinski definition) is 7. The highest BCUT2D eigenvalue weighted by molar-refractivity contribution is 7.99. The van der Waals surface area contributed by atoms with E-state index in [0.717, 1.165) is 71.7 Å². The summed E-state index contributed by atoms with van der Waals surface area (Å²) in [6.07, 6.45) is 6.65. The third-order valence-corrected chi connectivity index (χ3v) is 8.14. The molecule has 208 valence electrons. The first kappa shape index (κ1) is 27.7. The largest absolute Gasteiger partial charge is 0.497 e. The van der Waals surface area contributed by atoms with Gasteiger partial charge in [0.2, 0.25) is 0 Å². The second-order valence-electron chi connectivity index (χ2n) is 9.96. The summed E-state index contributed by atoms with van der Waals surface area (Å²) < 4.78 is 10.7. The molecule has 3 aromatic rings. The van der Waals surface area contributed by atoms with Crippen molar-refractivity contribution in [3.05, 3.63) is 87.3 Å². The average molecular weight is 559 g/mol. The fourth-order valence-electron chi connectivity index (χ4n) is 5.38. The Kier molecular flexibility index (Phi) is 8.69. The van der Waals surface area contributed by atoms with Crippen LogP contribution < -0.4 is 15.0 Å². The van der Waals surface area contributed by atoms with Gasteiger partial charge in [0.05, 0.1) is 31.7 Å². The number of hydrogen-bond donors (Lipinski definition) is 1. The van der Waals surface area contributed by atoms with E-state index in [1.54, 1.807) is 19.2 Å². The zero-order valence-corrected chi connectivity index (χ0v) is 23.9. The molecule has 2 aromatic carbocycles. The van der Waals surface area contributed by atoms with Crippen molar-refractivity contribution in [1.29, 1.82) is 0 Å². The number of carbonyl (C=O) groups is 1. The third kappa shape index (κ3) is 6.14. The SMILES string of the molecule is CCCc1cc(=O)[nH]c(SCC(=O)N2N=C3C(=Cc4ccc(OC)cc4)CCCC3C2c2ccc(OC)cc2)n1. The Morgan fingerprint density at radius 2 is 1.80 bits per heavy atom. The average Bonchev–Trinajstić information content (AvgIpc) is 3.37. The van der Waals surface area contributed by atoms with Gasteiger partial charge in [-0.05, 0) is 72.7 Å². The number of aromatic amines is 1. The van der Waals surface area contributed by atoms with E-state index < -0.39 is 0 Å². The molecular formula is C31H34N4O4S. The van der Waals surface area contributed by atoms with Gasteiger partial charge in [-0.25, -0.2) is 9.99 Å². The number of nitrogens with zero attached hydrogens (tertiary/aromatic N) is 3. The van der Waals surface area contributed by atoms with Crippen molar-refractivity contribution in [2.75, 3.05) is 20.0 Å². The molecule has 0 spiro atoms. The van der Waals surface area contributed by atoms with Crippen molar-refractivity contribution in [2.24, 2.45) is 11.0 Å². The van der Waals surface area contributed by atoms with Crippen LogP contribution in [0.15, 0.2) is 75.2 Å². The minimum Gasteiger partial charge on any atom is -0.497 e. The highest BCUT2D eigenvalue weighted by atomic mass is 32.2. The van der Waals surface area contributed by atoms with Gasteiger partial charge < -0.3 is 14.5 Å². The van der Waals surface area contributed by atoms with E-state index in [-0.39, 0.29) is 29.2 Å². The molecule has 2 unspecified atom stereocenters. The number of methoxy groups -OCH3 is 2. The summed E-state index contributed by atoms with van der Waals surface area (Å²) >= 11 is 1.24. The highest BCUT2D eigenvalue weighted by Gasteiger charge is 2.43. The molecular weight excluding hydrogens is 524 g/mol. The number of rotatable bonds is 9. The first-order valence-corrected chi connectivity index (χ1v) is 14.6. The van der Waals surface area contributed by atoms with Gasteiger partial charge in [-0.3, -0.25) is 9.59 Å².